The third kappa shape index (κ3) is 2.61. The monoisotopic (exact) mass is 214 g/mol. The van der Waals surface area contributed by atoms with Gasteiger partial charge in [0.25, 0.3) is 0 Å². The third-order valence-corrected chi connectivity index (χ3v) is 2.01. The number of hydrogen-bond acceptors (Lipinski definition) is 4. The summed E-state index contributed by atoms with van der Waals surface area (Å²) >= 11 is 0. The fourth-order valence-electron chi connectivity index (χ4n) is 1.18. The van der Waals surface area contributed by atoms with Gasteiger partial charge in [-0.05, 0) is 6.92 Å². The summed E-state index contributed by atoms with van der Waals surface area (Å²) in [5, 5.41) is 9.22. The Morgan fingerprint density at radius 3 is 2.73 bits per heavy atom. The molecule has 0 saturated heterocycles. The van der Waals surface area contributed by atoms with Crippen molar-refractivity contribution in [2.24, 2.45) is 7.05 Å². The lowest BCUT2D eigenvalue weighted by Gasteiger charge is -2.01. The van der Waals surface area contributed by atoms with E-state index >= 15 is 0 Å². The summed E-state index contributed by atoms with van der Waals surface area (Å²) in [6, 6.07) is 0. The molecule has 0 bridgehead atoms. The number of ether oxygens (including phenoxy) is 1. The number of nitrogens with zero attached hydrogens (tertiary/aromatic N) is 2. The fourth-order valence-corrected chi connectivity index (χ4v) is 1.18. The molecule has 0 fully saturated rings. The summed E-state index contributed by atoms with van der Waals surface area (Å²) in [4.78, 5) is 22.4. The zero-order valence-electron chi connectivity index (χ0n) is 8.77. The molecule has 0 unspecified atom stereocenters. The molecule has 0 aromatic carbocycles. The summed E-state index contributed by atoms with van der Waals surface area (Å²) < 4.78 is 7.09. The van der Waals surface area contributed by atoms with Gasteiger partial charge in [-0.2, -0.15) is 0 Å². The molecule has 1 heterocycles. The first-order chi connectivity index (χ1) is 7.06. The van der Waals surface area contributed by atoms with E-state index in [9.17, 15) is 14.7 Å². The van der Waals surface area contributed by atoms with E-state index in [0.717, 1.165) is 4.57 Å². The molecule has 6 nitrogen and oxygen atoms in total. The van der Waals surface area contributed by atoms with E-state index in [1.165, 1.54) is 17.8 Å². The topological polar surface area (TPSA) is 73.5 Å². The van der Waals surface area contributed by atoms with Gasteiger partial charge in [0, 0.05) is 13.6 Å². The molecular formula is C9H14N2O4. The van der Waals surface area contributed by atoms with E-state index < -0.39 is 0 Å². The first-order valence-electron chi connectivity index (χ1n) is 4.67. The smallest absolute Gasteiger partial charge is 0.330 e. The Balaban J connectivity index is 2.62. The Hall–Kier alpha value is -1.72. The Bertz CT molecular complexity index is 405. The van der Waals surface area contributed by atoms with Crippen LogP contribution in [0.1, 0.15) is 13.3 Å². The number of aryl methyl sites for hydroxylation is 1. The number of esters is 1. The van der Waals surface area contributed by atoms with Gasteiger partial charge in [0.1, 0.15) is 0 Å². The maximum Gasteiger partial charge on any atom is 0.330 e. The highest BCUT2D eigenvalue weighted by Crippen LogP contribution is 2.03. The maximum atomic E-state index is 11.4. The molecule has 1 rings (SSSR count). The largest absolute Gasteiger partial charge is 0.493 e. The van der Waals surface area contributed by atoms with Crippen molar-refractivity contribution >= 4 is 5.97 Å². The second-order valence-corrected chi connectivity index (χ2v) is 3.08. The molecule has 1 N–H and O–H groups in total. The van der Waals surface area contributed by atoms with Crippen LogP contribution in [0, 0.1) is 0 Å². The van der Waals surface area contributed by atoms with E-state index in [2.05, 4.69) is 0 Å². The molecule has 0 amide bonds. The van der Waals surface area contributed by atoms with Crippen molar-refractivity contribution in [1.82, 2.24) is 9.13 Å². The van der Waals surface area contributed by atoms with Crippen LogP contribution >= 0.6 is 0 Å². The Morgan fingerprint density at radius 2 is 2.27 bits per heavy atom. The van der Waals surface area contributed by atoms with Crippen LogP contribution in [0.15, 0.2) is 11.0 Å². The SMILES string of the molecule is CCOC(=O)CCn1cc(O)n(C)c1=O. The molecule has 0 radical (unpaired) electrons. The quantitative estimate of drug-likeness (QED) is 0.707. The fraction of sp³-hybridized carbons (Fsp3) is 0.556. The molecule has 0 aliphatic carbocycles. The van der Waals surface area contributed by atoms with Gasteiger partial charge in [0.2, 0.25) is 5.88 Å². The van der Waals surface area contributed by atoms with E-state index in [1.54, 1.807) is 6.92 Å². The summed E-state index contributed by atoms with van der Waals surface area (Å²) in [5.74, 6) is -0.475. The lowest BCUT2D eigenvalue weighted by Crippen LogP contribution is -2.23. The molecule has 1 aromatic heterocycles. The number of imidazole rings is 1. The second kappa shape index (κ2) is 4.68. The van der Waals surface area contributed by atoms with Crippen LogP contribution in [0.25, 0.3) is 0 Å². The van der Waals surface area contributed by atoms with Gasteiger partial charge >= 0.3 is 11.7 Å². The predicted molar refractivity (Wildman–Crippen MR) is 52.6 cm³/mol. The number of rotatable bonds is 4. The number of hydrogen-bond donors (Lipinski definition) is 1. The van der Waals surface area contributed by atoms with Crippen molar-refractivity contribution in [3.05, 3.63) is 16.7 Å². The van der Waals surface area contributed by atoms with Gasteiger partial charge in [-0.25, -0.2) is 4.79 Å². The molecule has 1 aromatic rings. The minimum Gasteiger partial charge on any atom is -0.493 e. The van der Waals surface area contributed by atoms with Gasteiger partial charge in [0.15, 0.2) is 0 Å². The second-order valence-electron chi connectivity index (χ2n) is 3.08. The number of aromatic hydroxyl groups is 1. The van der Waals surface area contributed by atoms with Gasteiger partial charge < -0.3 is 9.84 Å². The van der Waals surface area contributed by atoms with Crippen molar-refractivity contribution in [3.8, 4) is 5.88 Å². The minimum atomic E-state index is -0.354. The average Bonchev–Trinajstić information content (AvgIpc) is 2.43. The van der Waals surface area contributed by atoms with Crippen LogP contribution in [0.3, 0.4) is 0 Å². The Morgan fingerprint density at radius 1 is 1.60 bits per heavy atom. The molecular weight excluding hydrogens is 200 g/mol. The highest BCUT2D eigenvalue weighted by Gasteiger charge is 2.08. The van der Waals surface area contributed by atoms with Crippen LogP contribution in [0.5, 0.6) is 5.88 Å². The third-order valence-electron chi connectivity index (χ3n) is 2.01. The molecule has 0 atom stereocenters. The molecule has 6 heteroatoms. The van der Waals surface area contributed by atoms with E-state index in [0.29, 0.717) is 6.61 Å². The number of carbonyl (C=O) groups is 1. The van der Waals surface area contributed by atoms with Gasteiger partial charge in [-0.1, -0.05) is 0 Å². The highest BCUT2D eigenvalue weighted by molar-refractivity contribution is 5.69. The molecule has 0 saturated carbocycles. The number of carbonyl (C=O) groups excluding carboxylic acids is 1. The summed E-state index contributed by atoms with van der Waals surface area (Å²) in [6.45, 7) is 2.26. The molecule has 0 spiro atoms. The van der Waals surface area contributed by atoms with Gasteiger partial charge in [-0.3, -0.25) is 13.9 Å². The first-order valence-corrected chi connectivity index (χ1v) is 4.67. The van der Waals surface area contributed by atoms with Crippen molar-refractivity contribution in [3.63, 3.8) is 0 Å². The average molecular weight is 214 g/mol. The lowest BCUT2D eigenvalue weighted by atomic mass is 10.4. The van der Waals surface area contributed by atoms with E-state index in [4.69, 9.17) is 4.74 Å². The molecule has 0 aliphatic rings. The zero-order chi connectivity index (χ0) is 11.4. The standard InChI is InChI=1S/C9H14N2O4/c1-3-15-8(13)4-5-11-6-7(12)10(2)9(11)14/h6,12H,3-5H2,1-2H3. The Kier molecular flexibility index (Phi) is 3.54. The summed E-state index contributed by atoms with van der Waals surface area (Å²) in [6.07, 6.45) is 1.42. The van der Waals surface area contributed by atoms with Crippen LogP contribution < -0.4 is 5.69 Å². The Labute approximate surface area is 86.7 Å². The molecule has 15 heavy (non-hydrogen) atoms. The first kappa shape index (κ1) is 11.4. The van der Waals surface area contributed by atoms with Crippen LogP contribution in [0.2, 0.25) is 0 Å². The maximum absolute atomic E-state index is 11.4. The highest BCUT2D eigenvalue weighted by atomic mass is 16.5. The van der Waals surface area contributed by atoms with E-state index in [1.807, 2.05) is 0 Å². The van der Waals surface area contributed by atoms with Crippen LogP contribution in [0.4, 0.5) is 0 Å². The van der Waals surface area contributed by atoms with Crippen molar-refractivity contribution in [1.29, 1.82) is 0 Å². The molecule has 0 aliphatic heterocycles. The minimum absolute atomic E-state index is 0.121. The number of aromatic nitrogens is 2. The van der Waals surface area contributed by atoms with Crippen molar-refractivity contribution < 1.29 is 14.6 Å². The lowest BCUT2D eigenvalue weighted by molar-refractivity contribution is -0.143. The van der Waals surface area contributed by atoms with Crippen LogP contribution in [-0.2, 0) is 23.1 Å². The summed E-state index contributed by atoms with van der Waals surface area (Å²) in [7, 11) is 1.46. The van der Waals surface area contributed by atoms with Gasteiger partial charge in [-0.15, -0.1) is 0 Å². The predicted octanol–water partition coefficient (Wildman–Crippen LogP) is -0.154. The zero-order valence-corrected chi connectivity index (χ0v) is 8.77. The van der Waals surface area contributed by atoms with Crippen molar-refractivity contribution in [2.75, 3.05) is 6.61 Å². The van der Waals surface area contributed by atoms with E-state index in [-0.39, 0.29) is 30.5 Å². The summed E-state index contributed by atoms with van der Waals surface area (Å²) in [5.41, 5.74) is -0.350. The van der Waals surface area contributed by atoms with Crippen LogP contribution in [-0.4, -0.2) is 26.8 Å². The van der Waals surface area contributed by atoms with Gasteiger partial charge in [0.05, 0.1) is 19.2 Å². The van der Waals surface area contributed by atoms with Crippen molar-refractivity contribution in [2.45, 2.75) is 19.9 Å². The normalized spacial score (nSPS) is 10.3. The molecule has 84 valence electrons.